The lowest BCUT2D eigenvalue weighted by atomic mass is 10.1. The van der Waals surface area contributed by atoms with E-state index >= 15 is 0 Å². The van der Waals surface area contributed by atoms with Crippen LogP contribution in [0, 0.1) is 5.82 Å². The summed E-state index contributed by atoms with van der Waals surface area (Å²) in [4.78, 5) is 4.17. The number of nitrogens with zero attached hydrogens (tertiary/aromatic N) is 2. The van der Waals surface area contributed by atoms with Gasteiger partial charge in [0.2, 0.25) is 5.82 Å². The molecule has 0 radical (unpaired) electrons. The van der Waals surface area contributed by atoms with E-state index in [1.54, 1.807) is 18.2 Å². The molecule has 0 aliphatic carbocycles. The van der Waals surface area contributed by atoms with Crippen LogP contribution in [0.4, 0.5) is 4.39 Å². The van der Waals surface area contributed by atoms with E-state index in [9.17, 15) is 9.50 Å². The maximum absolute atomic E-state index is 13.1. The predicted octanol–water partition coefficient (Wildman–Crippen LogP) is 3.72. The number of hydrogen-bond acceptors (Lipinski definition) is 4. The van der Waals surface area contributed by atoms with Gasteiger partial charge in [0.25, 0.3) is 5.89 Å². The summed E-state index contributed by atoms with van der Waals surface area (Å²) in [5.41, 5.74) is 1.25. The second-order valence-electron chi connectivity index (χ2n) is 4.39. The number of aromatic nitrogens is 2. The fourth-order valence-corrected chi connectivity index (χ4v) is 2.43. The first-order chi connectivity index (χ1) is 10.1. The number of rotatable bonds is 3. The van der Waals surface area contributed by atoms with Gasteiger partial charge in [0.15, 0.2) is 6.10 Å². The fourth-order valence-electron chi connectivity index (χ4n) is 1.90. The number of hydrogen-bond donors (Lipinski definition) is 1. The minimum atomic E-state index is -0.994. The molecule has 6 heteroatoms. The normalized spacial score (nSPS) is 12.3. The third-order valence-corrected chi connectivity index (χ3v) is 3.62. The number of halogens is 2. The summed E-state index contributed by atoms with van der Waals surface area (Å²) in [5, 5.41) is 14.0. The predicted molar refractivity (Wildman–Crippen MR) is 77.9 cm³/mol. The van der Waals surface area contributed by atoms with E-state index < -0.39 is 6.10 Å². The number of aliphatic hydroxyl groups excluding tert-OH is 1. The molecular formula is C15H10BrFN2O2. The monoisotopic (exact) mass is 348 g/mol. The van der Waals surface area contributed by atoms with Crippen molar-refractivity contribution in [2.45, 2.75) is 6.10 Å². The maximum Gasteiger partial charge on any atom is 0.260 e. The Balaban J connectivity index is 1.93. The Morgan fingerprint density at radius 2 is 1.90 bits per heavy atom. The smallest absolute Gasteiger partial charge is 0.260 e. The topological polar surface area (TPSA) is 59.2 Å². The minimum absolute atomic E-state index is 0.0902. The molecule has 2 aromatic carbocycles. The van der Waals surface area contributed by atoms with Crippen molar-refractivity contribution >= 4 is 15.9 Å². The standard InChI is InChI=1S/C15H10BrFN2O2/c16-12-8-10(17)6-7-11(12)14-18-15(21-19-14)13(20)9-4-2-1-3-5-9/h1-8,13,20H. The van der Waals surface area contributed by atoms with Crippen molar-refractivity contribution in [3.05, 3.63) is 70.3 Å². The molecule has 0 aliphatic rings. The van der Waals surface area contributed by atoms with E-state index in [2.05, 4.69) is 26.1 Å². The molecule has 3 aromatic rings. The third kappa shape index (κ3) is 2.86. The summed E-state index contributed by atoms with van der Waals surface area (Å²) in [6, 6.07) is 13.2. The molecule has 1 N–H and O–H groups in total. The molecule has 0 fully saturated rings. The van der Waals surface area contributed by atoms with E-state index in [0.717, 1.165) is 0 Å². The van der Waals surface area contributed by atoms with E-state index in [1.165, 1.54) is 12.1 Å². The molecule has 0 saturated heterocycles. The highest BCUT2D eigenvalue weighted by atomic mass is 79.9. The van der Waals surface area contributed by atoms with Gasteiger partial charge >= 0.3 is 0 Å². The van der Waals surface area contributed by atoms with Gasteiger partial charge in [-0.2, -0.15) is 4.98 Å². The summed E-state index contributed by atoms with van der Waals surface area (Å²) in [6.45, 7) is 0. The Labute approximate surface area is 128 Å². The lowest BCUT2D eigenvalue weighted by molar-refractivity contribution is 0.170. The average molecular weight is 349 g/mol. The van der Waals surface area contributed by atoms with Crippen LogP contribution in [0.15, 0.2) is 57.5 Å². The van der Waals surface area contributed by atoms with Crippen LogP contribution in [0.1, 0.15) is 17.6 Å². The lowest BCUT2D eigenvalue weighted by Gasteiger charge is -2.04. The second-order valence-corrected chi connectivity index (χ2v) is 5.25. The van der Waals surface area contributed by atoms with Crippen LogP contribution in [-0.2, 0) is 0 Å². The fraction of sp³-hybridized carbons (Fsp3) is 0.0667. The van der Waals surface area contributed by atoms with Gasteiger partial charge in [0.05, 0.1) is 0 Å². The third-order valence-electron chi connectivity index (χ3n) is 2.96. The molecule has 0 saturated carbocycles. The van der Waals surface area contributed by atoms with Crippen LogP contribution in [0.2, 0.25) is 0 Å². The number of aliphatic hydroxyl groups is 1. The van der Waals surface area contributed by atoms with Crippen LogP contribution >= 0.6 is 15.9 Å². The minimum Gasteiger partial charge on any atom is -0.378 e. The number of benzene rings is 2. The first-order valence-electron chi connectivity index (χ1n) is 6.17. The SMILES string of the molecule is OC(c1ccccc1)c1nc(-c2ccc(F)cc2Br)no1. The summed E-state index contributed by atoms with van der Waals surface area (Å²) in [7, 11) is 0. The van der Waals surface area contributed by atoms with E-state index in [0.29, 0.717) is 15.6 Å². The quantitative estimate of drug-likeness (QED) is 0.783. The zero-order valence-corrected chi connectivity index (χ0v) is 12.3. The molecule has 21 heavy (non-hydrogen) atoms. The second kappa shape index (κ2) is 5.75. The van der Waals surface area contributed by atoms with Crippen molar-refractivity contribution in [3.63, 3.8) is 0 Å². The van der Waals surface area contributed by atoms with Gasteiger partial charge in [0, 0.05) is 10.0 Å². The first kappa shape index (κ1) is 13.9. The molecule has 1 heterocycles. The van der Waals surface area contributed by atoms with Crippen molar-refractivity contribution < 1.29 is 14.0 Å². The molecule has 0 spiro atoms. The molecular weight excluding hydrogens is 339 g/mol. The summed E-state index contributed by atoms with van der Waals surface area (Å²) < 4.78 is 18.7. The lowest BCUT2D eigenvalue weighted by Crippen LogP contribution is -1.99. The van der Waals surface area contributed by atoms with Gasteiger partial charge in [-0.3, -0.25) is 0 Å². The molecule has 1 aromatic heterocycles. The largest absolute Gasteiger partial charge is 0.378 e. The van der Waals surface area contributed by atoms with Crippen molar-refractivity contribution in [2.24, 2.45) is 0 Å². The van der Waals surface area contributed by atoms with E-state index in [4.69, 9.17) is 4.52 Å². The molecule has 0 amide bonds. The van der Waals surface area contributed by atoms with Crippen LogP contribution in [0.5, 0.6) is 0 Å². The van der Waals surface area contributed by atoms with Gasteiger partial charge in [-0.1, -0.05) is 35.5 Å². The van der Waals surface area contributed by atoms with Gasteiger partial charge in [-0.25, -0.2) is 4.39 Å². The Hall–Kier alpha value is -2.05. The summed E-state index contributed by atoms with van der Waals surface area (Å²) in [5.74, 6) is 0.0120. The van der Waals surface area contributed by atoms with E-state index in [-0.39, 0.29) is 17.5 Å². The molecule has 3 rings (SSSR count). The molecule has 4 nitrogen and oxygen atoms in total. The molecule has 0 aliphatic heterocycles. The maximum atomic E-state index is 13.1. The first-order valence-corrected chi connectivity index (χ1v) is 6.96. The zero-order chi connectivity index (χ0) is 14.8. The summed E-state index contributed by atoms with van der Waals surface area (Å²) >= 11 is 3.25. The molecule has 1 unspecified atom stereocenters. The molecule has 1 atom stereocenters. The average Bonchev–Trinajstić information content (AvgIpc) is 2.97. The van der Waals surface area contributed by atoms with Gasteiger partial charge in [-0.05, 0) is 39.7 Å². The Morgan fingerprint density at radius 1 is 1.14 bits per heavy atom. The van der Waals surface area contributed by atoms with Crippen molar-refractivity contribution in [3.8, 4) is 11.4 Å². The van der Waals surface area contributed by atoms with Crippen LogP contribution in [0.25, 0.3) is 11.4 Å². The van der Waals surface area contributed by atoms with Crippen LogP contribution < -0.4 is 0 Å². The van der Waals surface area contributed by atoms with Gasteiger partial charge in [-0.15, -0.1) is 0 Å². The zero-order valence-electron chi connectivity index (χ0n) is 10.7. The highest BCUT2D eigenvalue weighted by Gasteiger charge is 2.19. The highest BCUT2D eigenvalue weighted by Crippen LogP contribution is 2.28. The Kier molecular flexibility index (Phi) is 3.81. The Morgan fingerprint density at radius 3 is 2.62 bits per heavy atom. The summed E-state index contributed by atoms with van der Waals surface area (Å²) in [6.07, 6.45) is -0.994. The van der Waals surface area contributed by atoms with E-state index in [1.807, 2.05) is 18.2 Å². The highest BCUT2D eigenvalue weighted by molar-refractivity contribution is 9.10. The van der Waals surface area contributed by atoms with Gasteiger partial charge in [0.1, 0.15) is 5.82 Å². The van der Waals surface area contributed by atoms with Crippen molar-refractivity contribution in [1.82, 2.24) is 10.1 Å². The molecule has 0 bridgehead atoms. The molecule has 106 valence electrons. The van der Waals surface area contributed by atoms with Crippen molar-refractivity contribution in [1.29, 1.82) is 0 Å². The van der Waals surface area contributed by atoms with Gasteiger partial charge < -0.3 is 9.63 Å². The van der Waals surface area contributed by atoms with Crippen molar-refractivity contribution in [2.75, 3.05) is 0 Å². The van der Waals surface area contributed by atoms with Crippen LogP contribution in [-0.4, -0.2) is 15.2 Å². The Bertz CT molecular complexity index is 761. The van der Waals surface area contributed by atoms with Crippen LogP contribution in [0.3, 0.4) is 0 Å².